The summed E-state index contributed by atoms with van der Waals surface area (Å²) in [7, 11) is 1.77. The van der Waals surface area contributed by atoms with Gasteiger partial charge in [-0.15, -0.1) is 11.6 Å². The number of alkyl halides is 1. The van der Waals surface area contributed by atoms with Crippen molar-refractivity contribution in [3.63, 3.8) is 0 Å². The number of likely N-dealkylation sites (N-methyl/N-ethyl adjacent to an activating group) is 1. The maximum atomic E-state index is 12.4. The van der Waals surface area contributed by atoms with Crippen molar-refractivity contribution in [2.45, 2.75) is 12.3 Å². The highest BCUT2D eigenvalue weighted by Crippen LogP contribution is 2.12. The molecule has 102 valence electrons. The Hall–Kier alpha value is -1.55. The predicted octanol–water partition coefficient (Wildman–Crippen LogP) is 1.73. The fourth-order valence-electron chi connectivity index (χ4n) is 2.13. The molecule has 1 aromatic carbocycles. The van der Waals surface area contributed by atoms with E-state index in [1.54, 1.807) is 29.0 Å². The lowest BCUT2D eigenvalue weighted by Crippen LogP contribution is -2.38. The van der Waals surface area contributed by atoms with Crippen molar-refractivity contribution in [3.05, 3.63) is 35.4 Å². The lowest BCUT2D eigenvalue weighted by atomic mass is 10.1. The van der Waals surface area contributed by atoms with Crippen molar-refractivity contribution in [2.75, 3.05) is 26.7 Å². The highest BCUT2D eigenvalue weighted by atomic mass is 35.5. The van der Waals surface area contributed by atoms with Crippen LogP contribution in [0.5, 0.6) is 0 Å². The first-order valence-corrected chi connectivity index (χ1v) is 6.83. The van der Waals surface area contributed by atoms with Gasteiger partial charge in [0.25, 0.3) is 5.91 Å². The van der Waals surface area contributed by atoms with Crippen molar-refractivity contribution in [3.8, 4) is 0 Å². The number of carbonyl (C=O) groups is 2. The molecule has 4 nitrogen and oxygen atoms in total. The summed E-state index contributed by atoms with van der Waals surface area (Å²) < 4.78 is 0. The average molecular weight is 281 g/mol. The zero-order valence-electron chi connectivity index (χ0n) is 10.9. The van der Waals surface area contributed by atoms with Gasteiger partial charge in [0.2, 0.25) is 5.91 Å². The Balaban J connectivity index is 2.16. The molecule has 1 aliphatic rings. The fraction of sp³-hybridized carbons (Fsp3) is 0.429. The van der Waals surface area contributed by atoms with Crippen molar-refractivity contribution in [2.24, 2.45) is 0 Å². The minimum absolute atomic E-state index is 0.0145. The van der Waals surface area contributed by atoms with Gasteiger partial charge in [-0.1, -0.05) is 12.1 Å². The zero-order chi connectivity index (χ0) is 13.8. The highest BCUT2D eigenvalue weighted by molar-refractivity contribution is 6.17. The molecule has 1 fully saturated rings. The topological polar surface area (TPSA) is 40.6 Å². The van der Waals surface area contributed by atoms with Gasteiger partial charge in [0, 0.05) is 31.6 Å². The van der Waals surface area contributed by atoms with Crippen molar-refractivity contribution < 1.29 is 9.59 Å². The van der Waals surface area contributed by atoms with Gasteiger partial charge in [-0.2, -0.15) is 0 Å². The van der Waals surface area contributed by atoms with E-state index in [4.69, 9.17) is 11.6 Å². The largest absolute Gasteiger partial charge is 0.344 e. The maximum Gasteiger partial charge on any atom is 0.254 e. The monoisotopic (exact) mass is 280 g/mol. The van der Waals surface area contributed by atoms with Gasteiger partial charge < -0.3 is 9.80 Å². The number of carbonyl (C=O) groups excluding carboxylic acids is 2. The summed E-state index contributed by atoms with van der Waals surface area (Å²) in [6.07, 6.45) is 0.809. The molecule has 19 heavy (non-hydrogen) atoms. The molecule has 5 heteroatoms. The molecule has 2 rings (SSSR count). The molecule has 0 aromatic heterocycles. The molecule has 1 aromatic rings. The molecule has 0 unspecified atom stereocenters. The molecule has 0 atom stereocenters. The molecule has 2 amide bonds. The van der Waals surface area contributed by atoms with Crippen LogP contribution in [0.4, 0.5) is 0 Å². The van der Waals surface area contributed by atoms with Crippen LogP contribution in [0.15, 0.2) is 24.3 Å². The summed E-state index contributed by atoms with van der Waals surface area (Å²) in [5, 5.41) is 0. The van der Waals surface area contributed by atoms with E-state index in [1.165, 1.54) is 0 Å². The maximum absolute atomic E-state index is 12.4. The second-order valence-corrected chi connectivity index (χ2v) is 5.00. The van der Waals surface area contributed by atoms with E-state index in [0.29, 0.717) is 24.5 Å². The van der Waals surface area contributed by atoms with Crippen molar-refractivity contribution >= 4 is 23.4 Å². The first-order valence-electron chi connectivity index (χ1n) is 6.30. The molecule has 0 radical (unpaired) electrons. The molecule has 1 aliphatic heterocycles. The lowest BCUT2D eigenvalue weighted by molar-refractivity contribution is -0.129. The average Bonchev–Trinajstić information content (AvgIpc) is 2.60. The van der Waals surface area contributed by atoms with Crippen LogP contribution in [-0.4, -0.2) is 48.3 Å². The first-order chi connectivity index (χ1) is 9.11. The van der Waals surface area contributed by atoms with Crippen LogP contribution in [0.1, 0.15) is 22.3 Å². The quantitative estimate of drug-likeness (QED) is 0.774. The Kier molecular flexibility index (Phi) is 4.43. The van der Waals surface area contributed by atoms with Gasteiger partial charge in [-0.05, 0) is 24.1 Å². The van der Waals surface area contributed by atoms with E-state index in [2.05, 4.69) is 0 Å². The van der Waals surface area contributed by atoms with Gasteiger partial charge in [0.1, 0.15) is 6.54 Å². The molecule has 0 bridgehead atoms. The van der Waals surface area contributed by atoms with E-state index in [-0.39, 0.29) is 18.4 Å². The minimum atomic E-state index is -0.101. The Morgan fingerprint density at radius 2 is 2.16 bits per heavy atom. The number of halogens is 1. The van der Waals surface area contributed by atoms with Gasteiger partial charge in [0.05, 0.1) is 0 Å². The Labute approximate surface area is 117 Å². The molecular weight excluding hydrogens is 264 g/mol. The van der Waals surface area contributed by atoms with Crippen LogP contribution in [0, 0.1) is 0 Å². The van der Waals surface area contributed by atoms with E-state index in [9.17, 15) is 9.59 Å². The Morgan fingerprint density at radius 3 is 2.89 bits per heavy atom. The van der Waals surface area contributed by atoms with Crippen LogP contribution < -0.4 is 0 Å². The van der Waals surface area contributed by atoms with Crippen LogP contribution in [0.25, 0.3) is 0 Å². The number of hydrogen-bond donors (Lipinski definition) is 0. The Bertz CT molecular complexity index is 490. The fourth-order valence-corrected chi connectivity index (χ4v) is 2.30. The summed E-state index contributed by atoms with van der Waals surface area (Å²) in [5.74, 6) is 0.262. The summed E-state index contributed by atoms with van der Waals surface area (Å²) in [6.45, 7) is 1.46. The molecule has 1 saturated heterocycles. The highest BCUT2D eigenvalue weighted by Gasteiger charge is 2.23. The first kappa shape index (κ1) is 13.9. The molecule has 0 spiro atoms. The second-order valence-electron chi connectivity index (χ2n) is 4.73. The van der Waals surface area contributed by atoms with E-state index >= 15 is 0 Å². The molecule has 0 N–H and O–H groups in total. The number of benzene rings is 1. The summed E-state index contributed by atoms with van der Waals surface area (Å²) in [4.78, 5) is 27.5. The minimum Gasteiger partial charge on any atom is -0.344 e. The van der Waals surface area contributed by atoms with Crippen LogP contribution in [0.2, 0.25) is 0 Å². The van der Waals surface area contributed by atoms with E-state index in [1.807, 2.05) is 12.1 Å². The third-order valence-corrected chi connectivity index (χ3v) is 3.60. The normalized spacial score (nSPS) is 16.4. The number of amides is 2. The summed E-state index contributed by atoms with van der Waals surface area (Å²) in [6, 6.07) is 7.24. The zero-order valence-corrected chi connectivity index (χ0v) is 11.7. The third kappa shape index (κ3) is 3.26. The molecule has 0 aliphatic carbocycles. The summed E-state index contributed by atoms with van der Waals surface area (Å²) in [5.41, 5.74) is 1.50. The van der Waals surface area contributed by atoms with Gasteiger partial charge in [0.15, 0.2) is 0 Å². The van der Waals surface area contributed by atoms with Gasteiger partial charge in [-0.25, -0.2) is 0 Å². The molecule has 0 saturated carbocycles. The molecular formula is C14H17ClN2O2. The van der Waals surface area contributed by atoms with Crippen LogP contribution in [0.3, 0.4) is 0 Å². The smallest absolute Gasteiger partial charge is 0.254 e. The standard InChI is InChI=1S/C14H17ClN2O2/c1-16-6-3-7-17(10-13(16)18)14(19)12-5-2-4-11(8-12)9-15/h2,4-5,8H,3,6-7,9-10H2,1H3. The van der Waals surface area contributed by atoms with E-state index in [0.717, 1.165) is 12.0 Å². The summed E-state index contributed by atoms with van der Waals surface area (Å²) >= 11 is 5.77. The second kappa shape index (κ2) is 6.06. The van der Waals surface area contributed by atoms with Gasteiger partial charge in [-0.3, -0.25) is 9.59 Å². The number of hydrogen-bond acceptors (Lipinski definition) is 2. The third-order valence-electron chi connectivity index (χ3n) is 3.29. The van der Waals surface area contributed by atoms with Crippen molar-refractivity contribution in [1.29, 1.82) is 0 Å². The van der Waals surface area contributed by atoms with Crippen LogP contribution >= 0.6 is 11.6 Å². The van der Waals surface area contributed by atoms with Gasteiger partial charge >= 0.3 is 0 Å². The van der Waals surface area contributed by atoms with Crippen LogP contribution in [-0.2, 0) is 10.7 Å². The lowest BCUT2D eigenvalue weighted by Gasteiger charge is -2.20. The number of rotatable bonds is 2. The van der Waals surface area contributed by atoms with E-state index < -0.39 is 0 Å². The predicted molar refractivity (Wildman–Crippen MR) is 74.2 cm³/mol. The SMILES string of the molecule is CN1CCCN(C(=O)c2cccc(CCl)c2)CC1=O. The number of nitrogens with zero attached hydrogens (tertiary/aromatic N) is 2. The molecule has 1 heterocycles. The van der Waals surface area contributed by atoms with Crippen molar-refractivity contribution in [1.82, 2.24) is 9.80 Å². The Morgan fingerprint density at radius 1 is 1.37 bits per heavy atom.